The third kappa shape index (κ3) is 5.28. The van der Waals surface area contributed by atoms with E-state index in [1.165, 1.54) is 0 Å². The Hall–Kier alpha value is -1.47. The summed E-state index contributed by atoms with van der Waals surface area (Å²) in [6, 6.07) is 3.61. The fourth-order valence-electron chi connectivity index (χ4n) is 3.06. The van der Waals surface area contributed by atoms with Gasteiger partial charge in [0.2, 0.25) is 15.9 Å². The first-order chi connectivity index (χ1) is 10.8. The molecular weight excluding hydrogens is 314 g/mol. The van der Waals surface area contributed by atoms with Crippen molar-refractivity contribution in [2.45, 2.75) is 32.7 Å². The van der Waals surface area contributed by atoms with Crippen LogP contribution in [0, 0.1) is 11.8 Å². The van der Waals surface area contributed by atoms with Crippen LogP contribution in [0.15, 0.2) is 24.5 Å². The quantitative estimate of drug-likeness (QED) is 0.840. The van der Waals surface area contributed by atoms with Gasteiger partial charge in [0.05, 0.1) is 6.26 Å². The number of nitrogens with one attached hydrogen (secondary N) is 1. The minimum atomic E-state index is -3.27. The van der Waals surface area contributed by atoms with Crippen molar-refractivity contribution in [2.24, 2.45) is 11.8 Å². The van der Waals surface area contributed by atoms with Gasteiger partial charge in [0.25, 0.3) is 0 Å². The number of hydrogen-bond donors (Lipinski definition) is 1. The molecule has 1 amide bonds. The topological polar surface area (TPSA) is 79.4 Å². The van der Waals surface area contributed by atoms with Crippen molar-refractivity contribution in [3.63, 3.8) is 0 Å². The predicted octanol–water partition coefficient (Wildman–Crippen LogP) is 1.05. The van der Waals surface area contributed by atoms with Crippen molar-refractivity contribution in [2.75, 3.05) is 19.3 Å². The van der Waals surface area contributed by atoms with Crippen molar-refractivity contribution in [3.8, 4) is 0 Å². The second-order valence-corrected chi connectivity index (χ2v) is 8.34. The number of likely N-dealkylation sites (tertiary alicyclic amines) is 1. The first kappa shape index (κ1) is 17.9. The Balaban J connectivity index is 1.96. The van der Waals surface area contributed by atoms with Gasteiger partial charge in [-0.3, -0.25) is 9.78 Å². The van der Waals surface area contributed by atoms with E-state index in [2.05, 4.69) is 23.6 Å². The molecule has 0 saturated carbocycles. The molecule has 1 fully saturated rings. The number of carbonyl (C=O) groups is 1. The van der Waals surface area contributed by atoms with Crippen LogP contribution in [0.2, 0.25) is 0 Å². The van der Waals surface area contributed by atoms with Crippen LogP contribution in [0.5, 0.6) is 0 Å². The van der Waals surface area contributed by atoms with Crippen molar-refractivity contribution in [1.82, 2.24) is 14.6 Å². The maximum Gasteiger partial charge on any atom is 0.222 e. The molecule has 2 heterocycles. The lowest BCUT2D eigenvalue weighted by atomic mass is 9.92. The summed E-state index contributed by atoms with van der Waals surface area (Å²) in [5.74, 6) is 0.523. The standard InChI is InChI=1S/C16H25N3O3S/c1-12(2)14-10-19(11-15(14)18-23(3,21)22)16(20)7-6-13-5-4-8-17-9-13/h4-5,8-9,12,14-15,18H,6-7,10-11H2,1-3H3/t14-,15+/m0/s1. The smallest absolute Gasteiger partial charge is 0.222 e. The molecule has 1 N–H and O–H groups in total. The molecule has 0 aliphatic carbocycles. The Kier molecular flexibility index (Phi) is 5.75. The Bertz CT molecular complexity index is 631. The molecule has 7 heteroatoms. The van der Waals surface area contributed by atoms with Gasteiger partial charge >= 0.3 is 0 Å². The fourth-order valence-corrected chi connectivity index (χ4v) is 3.86. The molecule has 1 aromatic rings. The van der Waals surface area contributed by atoms with Gasteiger partial charge < -0.3 is 4.90 Å². The maximum absolute atomic E-state index is 12.4. The van der Waals surface area contributed by atoms with Crippen LogP contribution in [0.1, 0.15) is 25.8 Å². The molecule has 0 bridgehead atoms. The van der Waals surface area contributed by atoms with Crippen LogP contribution in [-0.2, 0) is 21.2 Å². The average molecular weight is 339 g/mol. The molecule has 0 aromatic carbocycles. The monoisotopic (exact) mass is 339 g/mol. The van der Waals surface area contributed by atoms with Crippen LogP contribution < -0.4 is 4.72 Å². The van der Waals surface area contributed by atoms with Gasteiger partial charge in [-0.05, 0) is 29.9 Å². The molecule has 2 atom stereocenters. The zero-order valence-corrected chi connectivity index (χ0v) is 14.7. The highest BCUT2D eigenvalue weighted by atomic mass is 32.2. The van der Waals surface area contributed by atoms with Gasteiger partial charge in [-0.25, -0.2) is 13.1 Å². The predicted molar refractivity (Wildman–Crippen MR) is 89.2 cm³/mol. The Labute approximate surface area is 138 Å². The van der Waals surface area contributed by atoms with Crippen LogP contribution in [0.3, 0.4) is 0 Å². The lowest BCUT2D eigenvalue weighted by molar-refractivity contribution is -0.130. The van der Waals surface area contributed by atoms with E-state index < -0.39 is 10.0 Å². The molecule has 1 aromatic heterocycles. The van der Waals surface area contributed by atoms with Crippen LogP contribution in [-0.4, -0.2) is 49.6 Å². The average Bonchev–Trinajstić information content (AvgIpc) is 2.88. The van der Waals surface area contributed by atoms with Crippen LogP contribution in [0.25, 0.3) is 0 Å². The highest BCUT2D eigenvalue weighted by Gasteiger charge is 2.37. The Morgan fingerprint density at radius 1 is 1.43 bits per heavy atom. The summed E-state index contributed by atoms with van der Waals surface area (Å²) in [6.45, 7) is 5.18. The normalized spacial score (nSPS) is 21.8. The molecule has 128 valence electrons. The summed E-state index contributed by atoms with van der Waals surface area (Å²) in [5, 5.41) is 0. The summed E-state index contributed by atoms with van der Waals surface area (Å²) in [5.41, 5.74) is 1.03. The van der Waals surface area contributed by atoms with E-state index in [1.807, 2.05) is 12.1 Å². The molecule has 1 aliphatic heterocycles. The van der Waals surface area contributed by atoms with E-state index in [4.69, 9.17) is 0 Å². The van der Waals surface area contributed by atoms with E-state index in [9.17, 15) is 13.2 Å². The van der Waals surface area contributed by atoms with Gasteiger partial charge in [-0.1, -0.05) is 19.9 Å². The van der Waals surface area contributed by atoms with E-state index in [-0.39, 0.29) is 17.9 Å². The minimum absolute atomic E-state index is 0.0669. The van der Waals surface area contributed by atoms with Crippen molar-refractivity contribution >= 4 is 15.9 Å². The Morgan fingerprint density at radius 3 is 2.74 bits per heavy atom. The molecule has 2 rings (SSSR count). The van der Waals surface area contributed by atoms with Crippen molar-refractivity contribution in [3.05, 3.63) is 30.1 Å². The first-order valence-corrected chi connectivity index (χ1v) is 9.79. The van der Waals surface area contributed by atoms with Crippen LogP contribution in [0.4, 0.5) is 0 Å². The number of hydrogen-bond acceptors (Lipinski definition) is 4. The summed E-state index contributed by atoms with van der Waals surface area (Å²) in [7, 11) is -3.27. The molecule has 0 spiro atoms. The summed E-state index contributed by atoms with van der Waals surface area (Å²) >= 11 is 0. The highest BCUT2D eigenvalue weighted by Crippen LogP contribution is 2.25. The van der Waals surface area contributed by atoms with Crippen LogP contribution >= 0.6 is 0 Å². The summed E-state index contributed by atoms with van der Waals surface area (Å²) < 4.78 is 25.7. The van der Waals surface area contributed by atoms with Crippen molar-refractivity contribution < 1.29 is 13.2 Å². The number of sulfonamides is 1. The van der Waals surface area contributed by atoms with Crippen molar-refractivity contribution in [1.29, 1.82) is 0 Å². The third-order valence-electron chi connectivity index (χ3n) is 4.29. The Morgan fingerprint density at radius 2 is 2.17 bits per heavy atom. The largest absolute Gasteiger partial charge is 0.341 e. The second kappa shape index (κ2) is 7.40. The number of carbonyl (C=O) groups excluding carboxylic acids is 1. The van der Waals surface area contributed by atoms with Gasteiger partial charge in [-0.15, -0.1) is 0 Å². The number of rotatable bonds is 6. The molecule has 1 aliphatic rings. The van der Waals surface area contributed by atoms with Gasteiger partial charge in [0.1, 0.15) is 0 Å². The summed E-state index contributed by atoms with van der Waals surface area (Å²) in [6.07, 6.45) is 5.71. The molecule has 1 saturated heterocycles. The third-order valence-corrected chi connectivity index (χ3v) is 5.02. The molecular formula is C16H25N3O3S. The van der Waals surface area contributed by atoms with Gasteiger partial charge in [0, 0.05) is 37.9 Å². The minimum Gasteiger partial charge on any atom is -0.341 e. The van der Waals surface area contributed by atoms with E-state index >= 15 is 0 Å². The second-order valence-electron chi connectivity index (χ2n) is 6.56. The summed E-state index contributed by atoms with van der Waals surface area (Å²) in [4.78, 5) is 18.3. The number of nitrogens with zero attached hydrogens (tertiary/aromatic N) is 2. The highest BCUT2D eigenvalue weighted by molar-refractivity contribution is 7.88. The lowest BCUT2D eigenvalue weighted by Gasteiger charge is -2.21. The lowest BCUT2D eigenvalue weighted by Crippen LogP contribution is -2.41. The zero-order chi connectivity index (χ0) is 17.0. The number of pyridine rings is 1. The molecule has 0 unspecified atom stereocenters. The number of aromatic nitrogens is 1. The van der Waals surface area contributed by atoms with E-state index in [0.717, 1.165) is 11.8 Å². The van der Waals surface area contributed by atoms with Gasteiger partial charge in [-0.2, -0.15) is 0 Å². The fraction of sp³-hybridized carbons (Fsp3) is 0.625. The van der Waals surface area contributed by atoms with E-state index in [0.29, 0.717) is 31.8 Å². The first-order valence-electron chi connectivity index (χ1n) is 7.90. The molecule has 6 nitrogen and oxygen atoms in total. The maximum atomic E-state index is 12.4. The molecule has 23 heavy (non-hydrogen) atoms. The number of aryl methyl sites for hydroxylation is 1. The molecule has 0 radical (unpaired) electrons. The zero-order valence-electron chi connectivity index (χ0n) is 13.9. The van der Waals surface area contributed by atoms with Gasteiger partial charge in [0.15, 0.2) is 0 Å². The SMILES string of the molecule is CC(C)[C@@H]1CN(C(=O)CCc2cccnc2)C[C@H]1NS(C)(=O)=O. The number of amides is 1. The van der Waals surface area contributed by atoms with E-state index in [1.54, 1.807) is 17.3 Å².